The zero-order valence-electron chi connectivity index (χ0n) is 14.8. The van der Waals surface area contributed by atoms with E-state index < -0.39 is 11.5 Å². The number of carbonyl (C=O) groups is 1. The normalized spacial score (nSPS) is 10.7. The monoisotopic (exact) mass is 389 g/mol. The third-order valence-electron chi connectivity index (χ3n) is 3.80. The molecule has 1 aromatic carbocycles. The van der Waals surface area contributed by atoms with E-state index in [-0.39, 0.29) is 22.8 Å². The summed E-state index contributed by atoms with van der Waals surface area (Å²) in [5.74, 6) is 0.313. The predicted octanol–water partition coefficient (Wildman–Crippen LogP) is 2.00. The first-order valence-electron chi connectivity index (χ1n) is 7.88. The largest absolute Gasteiger partial charge is 0.465 e. The van der Waals surface area contributed by atoms with Gasteiger partial charge in [-0.15, -0.1) is 0 Å². The standard InChI is InChI=1S/C17H16ClN5O4/c1-10-20-14(21-27-10)9-22(2)13-8-19-23(16(24)15(13)18)12-7-5-4-6-11(12)17(25)26-3/h4-8H,9H2,1-3H3. The molecule has 0 saturated carbocycles. The quantitative estimate of drug-likeness (QED) is 0.610. The number of hydrogen-bond donors (Lipinski definition) is 0. The van der Waals surface area contributed by atoms with E-state index in [1.54, 1.807) is 43.1 Å². The third-order valence-corrected chi connectivity index (χ3v) is 4.15. The first-order valence-corrected chi connectivity index (χ1v) is 8.26. The number of halogens is 1. The van der Waals surface area contributed by atoms with Crippen molar-refractivity contribution in [2.24, 2.45) is 0 Å². The second kappa shape index (κ2) is 7.58. The van der Waals surface area contributed by atoms with E-state index in [1.807, 2.05) is 0 Å². The number of aromatic nitrogens is 4. The molecular weight excluding hydrogens is 374 g/mol. The summed E-state index contributed by atoms with van der Waals surface area (Å²) in [6, 6.07) is 6.48. The van der Waals surface area contributed by atoms with Crippen molar-refractivity contribution in [1.29, 1.82) is 0 Å². The molecule has 0 aliphatic carbocycles. The molecule has 9 nitrogen and oxygen atoms in total. The molecule has 0 aliphatic heterocycles. The van der Waals surface area contributed by atoms with Crippen LogP contribution in [0.4, 0.5) is 5.69 Å². The van der Waals surface area contributed by atoms with Crippen LogP contribution < -0.4 is 10.5 Å². The average molecular weight is 390 g/mol. The van der Waals surface area contributed by atoms with E-state index in [0.29, 0.717) is 17.4 Å². The van der Waals surface area contributed by atoms with E-state index in [9.17, 15) is 9.59 Å². The number of hydrogen-bond acceptors (Lipinski definition) is 8. The lowest BCUT2D eigenvalue weighted by atomic mass is 10.2. The Balaban J connectivity index is 1.99. The van der Waals surface area contributed by atoms with Gasteiger partial charge in [0, 0.05) is 14.0 Å². The number of benzene rings is 1. The van der Waals surface area contributed by atoms with Crippen LogP contribution in [-0.2, 0) is 11.3 Å². The Kier molecular flexibility index (Phi) is 5.22. The second-order valence-electron chi connectivity index (χ2n) is 5.66. The molecule has 0 atom stereocenters. The highest BCUT2D eigenvalue weighted by molar-refractivity contribution is 6.33. The number of esters is 1. The SMILES string of the molecule is COC(=O)c1ccccc1-n1ncc(N(C)Cc2noc(C)n2)c(Cl)c1=O. The second-order valence-corrected chi connectivity index (χ2v) is 6.03. The molecular formula is C17H16ClN5O4. The van der Waals surface area contributed by atoms with Crippen LogP contribution in [0.3, 0.4) is 0 Å². The summed E-state index contributed by atoms with van der Waals surface area (Å²) in [6.45, 7) is 1.96. The molecule has 0 radical (unpaired) electrons. The maximum Gasteiger partial charge on any atom is 0.340 e. The van der Waals surface area contributed by atoms with Crippen molar-refractivity contribution < 1.29 is 14.1 Å². The fourth-order valence-corrected chi connectivity index (χ4v) is 2.78. The summed E-state index contributed by atoms with van der Waals surface area (Å²) in [7, 11) is 2.99. The molecule has 0 N–H and O–H groups in total. The van der Waals surface area contributed by atoms with Gasteiger partial charge in [-0.25, -0.2) is 4.79 Å². The Morgan fingerprint density at radius 3 is 2.78 bits per heavy atom. The van der Waals surface area contributed by atoms with Gasteiger partial charge in [0.15, 0.2) is 5.82 Å². The van der Waals surface area contributed by atoms with Crippen LogP contribution in [0.5, 0.6) is 0 Å². The van der Waals surface area contributed by atoms with E-state index in [4.69, 9.17) is 20.9 Å². The van der Waals surface area contributed by atoms with Crippen molar-refractivity contribution in [3.05, 3.63) is 63.1 Å². The summed E-state index contributed by atoms with van der Waals surface area (Å²) in [4.78, 5) is 30.5. The van der Waals surface area contributed by atoms with Gasteiger partial charge < -0.3 is 14.2 Å². The lowest BCUT2D eigenvalue weighted by Crippen LogP contribution is -2.27. The summed E-state index contributed by atoms with van der Waals surface area (Å²) in [5, 5.41) is 7.92. The zero-order chi connectivity index (χ0) is 19.6. The minimum Gasteiger partial charge on any atom is -0.465 e. The molecule has 0 amide bonds. The molecule has 0 spiro atoms. The molecule has 27 heavy (non-hydrogen) atoms. The van der Waals surface area contributed by atoms with E-state index in [0.717, 1.165) is 4.68 Å². The fourth-order valence-electron chi connectivity index (χ4n) is 2.51. The van der Waals surface area contributed by atoms with Crippen molar-refractivity contribution in [2.45, 2.75) is 13.5 Å². The Labute approximate surface area is 159 Å². The van der Waals surface area contributed by atoms with Crippen LogP contribution in [-0.4, -0.2) is 40.0 Å². The minimum atomic E-state index is -0.580. The maximum atomic E-state index is 12.8. The molecule has 3 aromatic rings. The summed E-state index contributed by atoms with van der Waals surface area (Å²) in [6.07, 6.45) is 1.44. The van der Waals surface area contributed by atoms with Crippen LogP contribution in [0.25, 0.3) is 5.69 Å². The molecule has 140 valence electrons. The van der Waals surface area contributed by atoms with Crippen LogP contribution >= 0.6 is 11.6 Å². The number of aryl methyl sites for hydroxylation is 1. The van der Waals surface area contributed by atoms with E-state index in [1.165, 1.54) is 13.3 Å². The Hall–Kier alpha value is -3.20. The molecule has 2 heterocycles. The van der Waals surface area contributed by atoms with E-state index >= 15 is 0 Å². The fraction of sp³-hybridized carbons (Fsp3) is 0.235. The van der Waals surface area contributed by atoms with E-state index in [2.05, 4.69) is 15.2 Å². The molecule has 3 rings (SSSR count). The Morgan fingerprint density at radius 2 is 2.11 bits per heavy atom. The van der Waals surface area contributed by atoms with Gasteiger partial charge in [-0.05, 0) is 12.1 Å². The number of rotatable bonds is 5. The summed E-state index contributed by atoms with van der Waals surface area (Å²) in [5.41, 5.74) is 0.311. The number of ether oxygens (including phenoxy) is 1. The van der Waals surface area contributed by atoms with Gasteiger partial charge in [-0.1, -0.05) is 28.9 Å². The molecule has 0 bridgehead atoms. The topological polar surface area (TPSA) is 103 Å². The lowest BCUT2D eigenvalue weighted by molar-refractivity contribution is 0.0600. The molecule has 0 unspecified atom stereocenters. The molecule has 2 aromatic heterocycles. The number of para-hydroxylation sites is 1. The van der Waals surface area contributed by atoms with Crippen LogP contribution in [0.1, 0.15) is 22.1 Å². The van der Waals surface area contributed by atoms with Crippen molar-refractivity contribution in [2.75, 3.05) is 19.1 Å². The van der Waals surface area contributed by atoms with Gasteiger partial charge >= 0.3 is 5.97 Å². The Bertz CT molecular complexity index is 1050. The van der Waals surface area contributed by atoms with Gasteiger partial charge in [-0.2, -0.15) is 14.8 Å². The smallest absolute Gasteiger partial charge is 0.340 e. The highest BCUT2D eigenvalue weighted by Gasteiger charge is 2.19. The van der Waals surface area contributed by atoms with Crippen molar-refractivity contribution in [1.82, 2.24) is 19.9 Å². The molecule has 0 fully saturated rings. The van der Waals surface area contributed by atoms with Crippen molar-refractivity contribution in [3.8, 4) is 5.69 Å². The lowest BCUT2D eigenvalue weighted by Gasteiger charge is -2.19. The zero-order valence-corrected chi connectivity index (χ0v) is 15.6. The molecule has 10 heteroatoms. The number of anilines is 1. The number of methoxy groups -OCH3 is 1. The predicted molar refractivity (Wildman–Crippen MR) is 97.3 cm³/mol. The van der Waals surface area contributed by atoms with Crippen LogP contribution in [0.2, 0.25) is 5.02 Å². The first-order chi connectivity index (χ1) is 12.9. The third kappa shape index (κ3) is 3.68. The maximum absolute atomic E-state index is 12.8. The summed E-state index contributed by atoms with van der Waals surface area (Å²) >= 11 is 6.28. The highest BCUT2D eigenvalue weighted by Crippen LogP contribution is 2.22. The van der Waals surface area contributed by atoms with Gasteiger partial charge in [0.05, 0.1) is 36.8 Å². The van der Waals surface area contributed by atoms with Crippen molar-refractivity contribution >= 4 is 23.3 Å². The Morgan fingerprint density at radius 1 is 1.37 bits per heavy atom. The average Bonchev–Trinajstić information content (AvgIpc) is 3.07. The molecule has 0 aliphatic rings. The van der Waals surface area contributed by atoms with Crippen LogP contribution in [0, 0.1) is 6.92 Å². The summed E-state index contributed by atoms with van der Waals surface area (Å²) < 4.78 is 10.7. The highest BCUT2D eigenvalue weighted by atomic mass is 35.5. The van der Waals surface area contributed by atoms with Gasteiger partial charge in [0.2, 0.25) is 5.89 Å². The van der Waals surface area contributed by atoms with Gasteiger partial charge in [-0.3, -0.25) is 4.79 Å². The number of nitrogens with zero attached hydrogens (tertiary/aromatic N) is 5. The first kappa shape index (κ1) is 18.6. The van der Waals surface area contributed by atoms with Crippen LogP contribution in [0.15, 0.2) is 39.8 Å². The van der Waals surface area contributed by atoms with Gasteiger partial charge in [0.25, 0.3) is 5.56 Å². The minimum absolute atomic E-state index is 0.0487. The number of carbonyl (C=O) groups excluding carboxylic acids is 1. The van der Waals surface area contributed by atoms with Crippen molar-refractivity contribution in [3.63, 3.8) is 0 Å². The molecule has 0 saturated heterocycles. The van der Waals surface area contributed by atoms with Gasteiger partial charge in [0.1, 0.15) is 5.02 Å².